The molecule has 0 aliphatic heterocycles. The second-order valence-electron chi connectivity index (χ2n) is 5.23. The number of ether oxygens (including phenoxy) is 2. The van der Waals surface area contributed by atoms with E-state index < -0.39 is 0 Å². The molecule has 5 nitrogen and oxygen atoms in total. The molecule has 5 heteroatoms. The van der Waals surface area contributed by atoms with Crippen LogP contribution < -0.4 is 20.5 Å². The largest absolute Gasteiger partial charge is 0.497 e. The highest BCUT2D eigenvalue weighted by atomic mass is 16.5. The molecule has 0 saturated heterocycles. The van der Waals surface area contributed by atoms with Crippen LogP contribution in [0.3, 0.4) is 0 Å². The molecule has 1 aromatic rings. The number of methoxy groups -OCH3 is 1. The van der Waals surface area contributed by atoms with Gasteiger partial charge in [-0.3, -0.25) is 4.79 Å². The van der Waals surface area contributed by atoms with Crippen molar-refractivity contribution in [3.63, 3.8) is 0 Å². The summed E-state index contributed by atoms with van der Waals surface area (Å²) in [4.78, 5) is 11.7. The molecule has 2 rings (SSSR count). The Balaban J connectivity index is 1.93. The summed E-state index contributed by atoms with van der Waals surface area (Å²) < 4.78 is 10.7. The number of amides is 1. The summed E-state index contributed by atoms with van der Waals surface area (Å²) in [5.41, 5.74) is 6.76. The third-order valence-corrected chi connectivity index (χ3v) is 3.35. The molecule has 0 heterocycles. The van der Waals surface area contributed by atoms with E-state index in [2.05, 4.69) is 5.32 Å². The molecular formula is C15H22N2O3. The van der Waals surface area contributed by atoms with Crippen molar-refractivity contribution >= 4 is 5.91 Å². The third kappa shape index (κ3) is 4.13. The third-order valence-electron chi connectivity index (χ3n) is 3.35. The Bertz CT molecular complexity index is 470. The minimum atomic E-state index is -0.162. The highest BCUT2D eigenvalue weighted by molar-refractivity contribution is 5.77. The summed E-state index contributed by atoms with van der Waals surface area (Å²) in [5, 5.41) is 2.87. The summed E-state index contributed by atoms with van der Waals surface area (Å²) in [5.74, 6) is 1.84. The van der Waals surface area contributed by atoms with E-state index in [1.54, 1.807) is 13.2 Å². The zero-order chi connectivity index (χ0) is 14.5. The van der Waals surface area contributed by atoms with Crippen molar-refractivity contribution in [3.05, 3.63) is 23.8 Å². The van der Waals surface area contributed by atoms with Crippen LogP contribution in [-0.2, 0) is 4.79 Å². The van der Waals surface area contributed by atoms with Gasteiger partial charge in [0.2, 0.25) is 0 Å². The first kappa shape index (κ1) is 14.7. The van der Waals surface area contributed by atoms with Gasteiger partial charge in [-0.2, -0.15) is 0 Å². The first-order chi connectivity index (χ1) is 9.60. The minimum Gasteiger partial charge on any atom is -0.497 e. The lowest BCUT2D eigenvalue weighted by atomic mass is 10.1. The first-order valence-electron chi connectivity index (χ1n) is 6.93. The van der Waals surface area contributed by atoms with Gasteiger partial charge in [0, 0.05) is 24.2 Å². The molecule has 0 spiro atoms. The Hall–Kier alpha value is -1.75. The smallest absolute Gasteiger partial charge is 0.257 e. The minimum absolute atomic E-state index is 0.000389. The zero-order valence-electron chi connectivity index (χ0n) is 12.0. The van der Waals surface area contributed by atoms with Crippen LogP contribution in [0.2, 0.25) is 0 Å². The molecule has 1 atom stereocenters. The topological polar surface area (TPSA) is 73.6 Å². The number of carbonyl (C=O) groups excluding carboxylic acids is 1. The molecule has 0 aromatic heterocycles. The molecule has 0 radical (unpaired) electrons. The van der Waals surface area contributed by atoms with Crippen LogP contribution in [0.5, 0.6) is 11.5 Å². The Morgan fingerprint density at radius 1 is 1.50 bits per heavy atom. The van der Waals surface area contributed by atoms with E-state index in [0.717, 1.165) is 12.1 Å². The highest BCUT2D eigenvalue weighted by Gasteiger charge is 2.21. The lowest BCUT2D eigenvalue weighted by Crippen LogP contribution is -2.30. The van der Waals surface area contributed by atoms with E-state index in [-0.39, 0.29) is 18.6 Å². The predicted octanol–water partition coefficient (Wildman–Crippen LogP) is 1.62. The maximum Gasteiger partial charge on any atom is 0.257 e. The van der Waals surface area contributed by atoms with Crippen LogP contribution in [0, 0.1) is 5.92 Å². The van der Waals surface area contributed by atoms with E-state index >= 15 is 0 Å². The van der Waals surface area contributed by atoms with Crippen LogP contribution >= 0.6 is 0 Å². The van der Waals surface area contributed by atoms with E-state index in [1.165, 1.54) is 12.8 Å². The average molecular weight is 278 g/mol. The van der Waals surface area contributed by atoms with Crippen molar-refractivity contribution in [2.24, 2.45) is 11.7 Å². The van der Waals surface area contributed by atoms with Crippen LogP contribution in [-0.4, -0.2) is 26.2 Å². The van der Waals surface area contributed by atoms with Gasteiger partial charge in [-0.25, -0.2) is 0 Å². The lowest BCUT2D eigenvalue weighted by Gasteiger charge is -2.15. The Labute approximate surface area is 119 Å². The molecule has 110 valence electrons. The second kappa shape index (κ2) is 6.61. The highest BCUT2D eigenvalue weighted by Crippen LogP contribution is 2.29. The van der Waals surface area contributed by atoms with Crippen LogP contribution in [0.4, 0.5) is 0 Å². The van der Waals surface area contributed by atoms with Crippen LogP contribution in [0.1, 0.15) is 31.4 Å². The first-order valence-corrected chi connectivity index (χ1v) is 6.93. The fourth-order valence-corrected chi connectivity index (χ4v) is 1.92. The summed E-state index contributed by atoms with van der Waals surface area (Å²) in [7, 11) is 1.59. The number of carbonyl (C=O) groups is 1. The molecule has 0 bridgehead atoms. The monoisotopic (exact) mass is 278 g/mol. The summed E-state index contributed by atoms with van der Waals surface area (Å²) in [6.07, 6.45) is 2.43. The number of nitrogens with two attached hydrogens (primary N) is 1. The quantitative estimate of drug-likeness (QED) is 0.795. The van der Waals surface area contributed by atoms with Gasteiger partial charge in [0.25, 0.3) is 5.91 Å². The maximum atomic E-state index is 11.7. The van der Waals surface area contributed by atoms with Gasteiger partial charge in [0.05, 0.1) is 7.11 Å². The number of hydrogen-bond donors (Lipinski definition) is 2. The van der Waals surface area contributed by atoms with Gasteiger partial charge < -0.3 is 20.5 Å². The van der Waals surface area contributed by atoms with E-state index in [9.17, 15) is 4.79 Å². The average Bonchev–Trinajstić information content (AvgIpc) is 3.26. The van der Waals surface area contributed by atoms with Crippen LogP contribution in [0.25, 0.3) is 0 Å². The Kier molecular flexibility index (Phi) is 4.84. The molecule has 1 saturated carbocycles. The van der Waals surface area contributed by atoms with E-state index in [4.69, 9.17) is 15.2 Å². The number of nitrogens with one attached hydrogen (secondary N) is 1. The van der Waals surface area contributed by atoms with Crippen molar-refractivity contribution in [2.45, 2.75) is 25.8 Å². The summed E-state index contributed by atoms with van der Waals surface area (Å²) in [6, 6.07) is 5.29. The van der Waals surface area contributed by atoms with Gasteiger partial charge in [-0.05, 0) is 31.7 Å². The van der Waals surface area contributed by atoms with Crippen molar-refractivity contribution in [2.75, 3.05) is 20.3 Å². The molecule has 3 N–H and O–H groups in total. The number of benzene rings is 1. The molecular weight excluding hydrogens is 256 g/mol. The summed E-state index contributed by atoms with van der Waals surface area (Å²) in [6.45, 7) is 2.63. The molecule has 1 aliphatic carbocycles. The number of rotatable bonds is 7. The van der Waals surface area contributed by atoms with Crippen molar-refractivity contribution in [1.82, 2.24) is 5.32 Å². The van der Waals surface area contributed by atoms with Crippen molar-refractivity contribution in [1.29, 1.82) is 0 Å². The van der Waals surface area contributed by atoms with Crippen LogP contribution in [0.15, 0.2) is 18.2 Å². The SMILES string of the molecule is COc1ccc(C(C)N)c(OCC(=O)NCC2CC2)c1. The molecule has 1 aliphatic rings. The molecule has 1 fully saturated rings. The van der Waals surface area contributed by atoms with Gasteiger partial charge in [-0.1, -0.05) is 6.07 Å². The summed E-state index contributed by atoms with van der Waals surface area (Å²) >= 11 is 0. The normalized spacial score (nSPS) is 15.6. The molecule has 1 aromatic carbocycles. The maximum absolute atomic E-state index is 11.7. The Morgan fingerprint density at radius 3 is 2.85 bits per heavy atom. The predicted molar refractivity (Wildman–Crippen MR) is 76.8 cm³/mol. The Morgan fingerprint density at radius 2 is 2.25 bits per heavy atom. The van der Waals surface area contributed by atoms with E-state index in [1.807, 2.05) is 19.1 Å². The molecule has 20 heavy (non-hydrogen) atoms. The van der Waals surface area contributed by atoms with Gasteiger partial charge in [0.1, 0.15) is 11.5 Å². The van der Waals surface area contributed by atoms with Gasteiger partial charge >= 0.3 is 0 Å². The molecule has 1 unspecified atom stereocenters. The fourth-order valence-electron chi connectivity index (χ4n) is 1.92. The molecule has 1 amide bonds. The van der Waals surface area contributed by atoms with Gasteiger partial charge in [-0.15, -0.1) is 0 Å². The zero-order valence-corrected chi connectivity index (χ0v) is 12.0. The van der Waals surface area contributed by atoms with Crippen molar-refractivity contribution in [3.8, 4) is 11.5 Å². The van der Waals surface area contributed by atoms with E-state index in [0.29, 0.717) is 17.4 Å². The van der Waals surface area contributed by atoms with Gasteiger partial charge in [0.15, 0.2) is 6.61 Å². The second-order valence-corrected chi connectivity index (χ2v) is 5.23. The lowest BCUT2D eigenvalue weighted by molar-refractivity contribution is -0.123. The fraction of sp³-hybridized carbons (Fsp3) is 0.533. The van der Waals surface area contributed by atoms with Crippen molar-refractivity contribution < 1.29 is 14.3 Å². The number of hydrogen-bond acceptors (Lipinski definition) is 4. The standard InChI is InChI=1S/C15H22N2O3/c1-10(16)13-6-5-12(19-2)7-14(13)20-9-15(18)17-8-11-3-4-11/h5-7,10-11H,3-4,8-9,16H2,1-2H3,(H,17,18).